The molecule has 1 unspecified atom stereocenters. The predicted molar refractivity (Wildman–Crippen MR) is 258 cm³/mol. The van der Waals surface area contributed by atoms with Crippen LogP contribution in [0.4, 0.5) is 0 Å². The van der Waals surface area contributed by atoms with E-state index in [-0.39, 0.29) is 47.2 Å². The Morgan fingerprint density at radius 3 is 1.79 bits per heavy atom. The molecule has 0 bridgehead atoms. The SMILES string of the molecule is C[C@@H]1O[C@@H](O[C@H]2[C@H](O[C@H]3CO[C@@H](O[C@H]4CC[C@]5(C)[C@H]6CC=C7C8C[C@@](C)(CO)CC[C@]8(CO)C[C@H](O)[C@@]7(C)[C@]6(C)CC[C@H]5C4(C)C)[C@H](O[C@@H]4O[C@H](CO)[C@@H](O)[C@H](O)[C@H]4O)[C@H]3O)O[C@H](CO)[C@@H](O)[C@@H]2O)[C@H](O)[C@H](O)[C@H]1O. The van der Waals surface area contributed by atoms with Crippen LogP contribution in [0.1, 0.15) is 106 Å². The Morgan fingerprint density at radius 2 is 1.16 bits per heavy atom. The van der Waals surface area contributed by atoms with Gasteiger partial charge in [0.05, 0.1) is 38.1 Å². The Hall–Kier alpha value is -1.14. The number of hydrogen-bond donors (Lipinski definition) is 14. The van der Waals surface area contributed by atoms with Crippen molar-refractivity contribution in [3.8, 4) is 0 Å². The van der Waals surface area contributed by atoms with Gasteiger partial charge in [-0.25, -0.2) is 0 Å². The van der Waals surface area contributed by atoms with Crippen molar-refractivity contribution < 1.29 is 109 Å². The highest BCUT2D eigenvalue weighted by molar-refractivity contribution is 5.36. The van der Waals surface area contributed by atoms with Crippen LogP contribution in [-0.2, 0) is 37.9 Å². The first-order chi connectivity index (χ1) is 35.2. The molecule has 4 saturated carbocycles. The van der Waals surface area contributed by atoms with Crippen LogP contribution < -0.4 is 0 Å². The normalized spacial score (nSPS) is 55.9. The molecule has 4 heterocycles. The highest BCUT2D eigenvalue weighted by atomic mass is 16.8. The zero-order chi connectivity index (χ0) is 54.7. The fraction of sp³-hybridized carbons (Fsp3) is 0.962. The van der Waals surface area contributed by atoms with Gasteiger partial charge >= 0.3 is 0 Å². The van der Waals surface area contributed by atoms with Crippen molar-refractivity contribution in [3.63, 3.8) is 0 Å². The molecule has 0 spiro atoms. The van der Waals surface area contributed by atoms with E-state index in [1.54, 1.807) is 0 Å². The van der Waals surface area contributed by atoms with Crippen molar-refractivity contribution in [1.29, 1.82) is 0 Å². The summed E-state index contributed by atoms with van der Waals surface area (Å²) in [5.41, 5.74) is -1.21. The molecule has 9 aliphatic rings. The second-order valence-corrected chi connectivity index (χ2v) is 25.8. The van der Waals surface area contributed by atoms with Crippen molar-refractivity contribution in [2.75, 3.05) is 33.0 Å². The molecule has 0 radical (unpaired) electrons. The molecule has 8 fully saturated rings. The second kappa shape index (κ2) is 21.3. The Balaban J connectivity index is 0.975. The zero-order valence-corrected chi connectivity index (χ0v) is 44.4. The third-order valence-corrected chi connectivity index (χ3v) is 21.4. The van der Waals surface area contributed by atoms with E-state index in [4.69, 9.17) is 37.9 Å². The van der Waals surface area contributed by atoms with Crippen LogP contribution in [0.2, 0.25) is 0 Å². The lowest BCUT2D eigenvalue weighted by Crippen LogP contribution is -2.68. The second-order valence-electron chi connectivity index (χ2n) is 25.8. The van der Waals surface area contributed by atoms with Crippen LogP contribution in [0.15, 0.2) is 11.6 Å². The fourth-order valence-corrected chi connectivity index (χ4v) is 16.4. The van der Waals surface area contributed by atoms with E-state index in [1.165, 1.54) is 12.5 Å². The Kier molecular flexibility index (Phi) is 16.6. The molecule has 29 atom stereocenters. The predicted octanol–water partition coefficient (Wildman–Crippen LogP) is -1.95. The van der Waals surface area contributed by atoms with Gasteiger partial charge in [0.15, 0.2) is 25.2 Å². The lowest BCUT2D eigenvalue weighted by molar-refractivity contribution is -0.394. The van der Waals surface area contributed by atoms with E-state index in [0.29, 0.717) is 12.8 Å². The summed E-state index contributed by atoms with van der Waals surface area (Å²) in [7, 11) is 0. The van der Waals surface area contributed by atoms with Crippen LogP contribution in [0.25, 0.3) is 0 Å². The Morgan fingerprint density at radius 1 is 0.560 bits per heavy atom. The minimum atomic E-state index is -1.90. The van der Waals surface area contributed by atoms with Crippen LogP contribution in [0, 0.1) is 50.2 Å². The number of rotatable bonds is 12. The maximum atomic E-state index is 12.5. The molecule has 22 heteroatoms. The number of allylic oxidation sites excluding steroid dienone is 1. The monoisotopic (exact) mass is 1080 g/mol. The minimum absolute atomic E-state index is 0.0194. The van der Waals surface area contributed by atoms with Crippen molar-refractivity contribution in [1.82, 2.24) is 0 Å². The quantitative estimate of drug-likeness (QED) is 0.0746. The molecular weight excluding hydrogens is 989 g/mol. The van der Waals surface area contributed by atoms with E-state index < -0.39 is 165 Å². The number of fused-ring (bicyclic) bond motifs is 7. The smallest absolute Gasteiger partial charge is 0.187 e. The molecule has 0 aromatic heterocycles. The van der Waals surface area contributed by atoms with Crippen LogP contribution in [0.5, 0.6) is 0 Å². The standard InChI is InChI=1S/C53H88O22/c1-23-33(59)37(63)40(66)44(69-23)75-43-39(65)35(61)27(19-55)71-47(43)72-28-20-68-46(42(36(28)62)74-45-41(67)38(64)34(60)26(18-54)70-45)73-32-11-12-50(5)29(48(32,2)3)10-13-51(6)30(50)9-8-24-25-16-49(4,21-56)14-15-53(25,22-57)17-31(58)52(24,51)7/h8,23,25-47,54-67H,9-22H2,1-7H3/t23-,25?,26+,27+,28-,29-,30+,31-,32-,33-,34+,35+,36-,37+,38-,39-,40+,41+,42+,43+,44-,45-,46-,47-,49-,50-,51+,52-,53+/m0/s1. The van der Waals surface area contributed by atoms with Gasteiger partial charge in [0.25, 0.3) is 0 Å². The van der Waals surface area contributed by atoms with Gasteiger partial charge in [0.2, 0.25) is 0 Å². The van der Waals surface area contributed by atoms with E-state index >= 15 is 0 Å². The molecule has 22 nitrogen and oxygen atoms in total. The molecular formula is C53H88O22. The average molecular weight is 1080 g/mol. The summed E-state index contributed by atoms with van der Waals surface area (Å²) in [4.78, 5) is 0. The zero-order valence-electron chi connectivity index (χ0n) is 44.4. The first-order valence-corrected chi connectivity index (χ1v) is 27.3. The van der Waals surface area contributed by atoms with Gasteiger partial charge in [-0.2, -0.15) is 0 Å². The highest BCUT2D eigenvalue weighted by Crippen LogP contribution is 2.76. The van der Waals surface area contributed by atoms with Gasteiger partial charge in [-0.3, -0.25) is 0 Å². The van der Waals surface area contributed by atoms with Gasteiger partial charge < -0.3 is 109 Å². The van der Waals surface area contributed by atoms with Crippen molar-refractivity contribution in [3.05, 3.63) is 11.6 Å². The number of hydrogen-bond acceptors (Lipinski definition) is 22. The average Bonchev–Trinajstić information content (AvgIpc) is 3.46. The van der Waals surface area contributed by atoms with Gasteiger partial charge in [0, 0.05) is 24.0 Å². The third-order valence-electron chi connectivity index (χ3n) is 21.4. The fourth-order valence-electron chi connectivity index (χ4n) is 16.4. The van der Waals surface area contributed by atoms with E-state index in [9.17, 15) is 71.5 Å². The van der Waals surface area contributed by atoms with Gasteiger partial charge in [-0.05, 0) is 104 Å². The maximum Gasteiger partial charge on any atom is 0.187 e. The first-order valence-electron chi connectivity index (χ1n) is 27.3. The topological polar surface area (TPSA) is 357 Å². The molecule has 5 aliphatic carbocycles. The molecule has 75 heavy (non-hydrogen) atoms. The largest absolute Gasteiger partial charge is 0.396 e. The summed E-state index contributed by atoms with van der Waals surface area (Å²) in [5, 5.41) is 153. The molecule has 4 saturated heterocycles. The third kappa shape index (κ3) is 9.44. The molecule has 0 aromatic rings. The van der Waals surface area contributed by atoms with Gasteiger partial charge in [0.1, 0.15) is 85.5 Å². The molecule has 9 rings (SSSR count). The molecule has 432 valence electrons. The summed E-state index contributed by atoms with van der Waals surface area (Å²) in [5.74, 6) is 0.268. The molecule has 4 aliphatic heterocycles. The van der Waals surface area contributed by atoms with Crippen LogP contribution >= 0.6 is 0 Å². The molecule has 14 N–H and O–H groups in total. The van der Waals surface area contributed by atoms with Gasteiger partial charge in [-0.15, -0.1) is 0 Å². The van der Waals surface area contributed by atoms with Crippen LogP contribution in [0.3, 0.4) is 0 Å². The molecule has 0 amide bonds. The Labute approximate surface area is 438 Å². The summed E-state index contributed by atoms with van der Waals surface area (Å²) in [6, 6.07) is 0. The molecule has 0 aromatic carbocycles. The maximum absolute atomic E-state index is 12.5. The van der Waals surface area contributed by atoms with E-state index in [0.717, 1.165) is 44.9 Å². The summed E-state index contributed by atoms with van der Waals surface area (Å²) in [6.07, 6.45) is -23.7. The van der Waals surface area contributed by atoms with Crippen molar-refractivity contribution >= 4 is 0 Å². The number of aliphatic hydroxyl groups is 14. The number of ether oxygens (including phenoxy) is 8. The van der Waals surface area contributed by atoms with E-state index in [1.807, 2.05) is 0 Å². The number of aliphatic hydroxyl groups excluding tert-OH is 14. The van der Waals surface area contributed by atoms with Crippen LogP contribution in [-0.4, -0.2) is 233 Å². The summed E-state index contributed by atoms with van der Waals surface area (Å²) in [6.45, 7) is 12.8. The Bertz CT molecular complexity index is 2020. The highest BCUT2D eigenvalue weighted by Gasteiger charge is 2.71. The summed E-state index contributed by atoms with van der Waals surface area (Å²) < 4.78 is 49.0. The van der Waals surface area contributed by atoms with Crippen molar-refractivity contribution in [2.45, 2.75) is 235 Å². The van der Waals surface area contributed by atoms with Gasteiger partial charge in [-0.1, -0.05) is 53.2 Å². The summed E-state index contributed by atoms with van der Waals surface area (Å²) >= 11 is 0. The van der Waals surface area contributed by atoms with Crippen molar-refractivity contribution in [2.24, 2.45) is 50.2 Å². The van der Waals surface area contributed by atoms with E-state index in [2.05, 4.69) is 47.6 Å². The lowest BCUT2D eigenvalue weighted by atomic mass is 9.33. The minimum Gasteiger partial charge on any atom is -0.396 e. The lowest BCUT2D eigenvalue weighted by Gasteiger charge is -2.72. The first kappa shape index (κ1) is 58.5.